The van der Waals surface area contributed by atoms with Crippen molar-refractivity contribution in [3.05, 3.63) is 53.6 Å². The van der Waals surface area contributed by atoms with E-state index in [0.29, 0.717) is 0 Å². The molecule has 1 aromatic rings. The van der Waals surface area contributed by atoms with Crippen LogP contribution in [0.25, 0.3) is 5.57 Å². The first-order chi connectivity index (χ1) is 9.93. The highest BCUT2D eigenvalue weighted by Crippen LogP contribution is 2.26. The number of nitrogens with one attached hydrogen (secondary N) is 1. The van der Waals surface area contributed by atoms with Gasteiger partial charge >= 0.3 is 0 Å². The van der Waals surface area contributed by atoms with Crippen LogP contribution in [-0.2, 0) is 6.54 Å². The first-order valence-electron chi connectivity index (χ1n) is 7.66. The van der Waals surface area contributed by atoms with Crippen molar-refractivity contribution in [1.82, 2.24) is 5.43 Å². The Morgan fingerprint density at radius 1 is 1.05 bits per heavy atom. The molecule has 2 aliphatic carbocycles. The minimum absolute atomic E-state index is 0.816. The summed E-state index contributed by atoms with van der Waals surface area (Å²) in [6.07, 6.45) is 13.9. The van der Waals surface area contributed by atoms with Crippen molar-refractivity contribution >= 4 is 11.3 Å². The van der Waals surface area contributed by atoms with Gasteiger partial charge in [0.2, 0.25) is 0 Å². The number of hydrogen-bond acceptors (Lipinski definition) is 2. The maximum Gasteiger partial charge on any atom is 0.0585 e. The average Bonchev–Trinajstić information content (AvgIpc) is 3.03. The normalized spacial score (nSPS) is 18.0. The van der Waals surface area contributed by atoms with Gasteiger partial charge in [-0.15, -0.1) is 0 Å². The Kier molecular flexibility index (Phi) is 4.32. The van der Waals surface area contributed by atoms with Crippen LogP contribution >= 0.6 is 0 Å². The van der Waals surface area contributed by atoms with Gasteiger partial charge in [0.05, 0.1) is 6.54 Å². The third kappa shape index (κ3) is 3.19. The molecular formula is C18H22N2. The molecule has 1 fully saturated rings. The van der Waals surface area contributed by atoms with E-state index in [9.17, 15) is 0 Å². The third-order valence-corrected chi connectivity index (χ3v) is 4.07. The van der Waals surface area contributed by atoms with Crippen LogP contribution in [0.1, 0.15) is 49.7 Å². The minimum Gasteiger partial charge on any atom is -0.306 e. The van der Waals surface area contributed by atoms with E-state index in [0.717, 1.165) is 13.0 Å². The number of allylic oxidation sites excluding steroid dienone is 4. The molecule has 1 aromatic carbocycles. The van der Waals surface area contributed by atoms with Crippen molar-refractivity contribution in [1.29, 1.82) is 0 Å². The molecule has 3 rings (SSSR count). The Hall–Kier alpha value is -1.83. The monoisotopic (exact) mass is 266 g/mol. The van der Waals surface area contributed by atoms with Gasteiger partial charge in [-0.25, -0.2) is 0 Å². The summed E-state index contributed by atoms with van der Waals surface area (Å²) in [7, 11) is 0. The van der Waals surface area contributed by atoms with Crippen LogP contribution < -0.4 is 5.43 Å². The van der Waals surface area contributed by atoms with Gasteiger partial charge in [-0.05, 0) is 48.8 Å². The minimum atomic E-state index is 0.816. The van der Waals surface area contributed by atoms with Crippen LogP contribution in [0.2, 0.25) is 0 Å². The Morgan fingerprint density at radius 2 is 1.90 bits per heavy atom. The van der Waals surface area contributed by atoms with E-state index in [4.69, 9.17) is 0 Å². The molecule has 0 bridgehead atoms. The van der Waals surface area contributed by atoms with Crippen molar-refractivity contribution in [2.75, 3.05) is 0 Å². The smallest absolute Gasteiger partial charge is 0.0585 e. The van der Waals surface area contributed by atoms with Gasteiger partial charge in [-0.3, -0.25) is 0 Å². The van der Waals surface area contributed by atoms with Gasteiger partial charge in [0.25, 0.3) is 0 Å². The standard InChI is InChI=1S/C18H22N2/c1-2-11-17(12-3-1)20-19-14-16-10-6-7-13-18(16)15-8-4-5-9-15/h4-8,10,13,19H,1-3,9,11-12,14H2. The molecular weight excluding hydrogens is 244 g/mol. The zero-order valence-electron chi connectivity index (χ0n) is 11.9. The van der Waals surface area contributed by atoms with Crippen LogP contribution in [-0.4, -0.2) is 5.71 Å². The van der Waals surface area contributed by atoms with Crippen molar-refractivity contribution in [2.45, 2.75) is 45.1 Å². The SMILES string of the molecule is C1=CCC(c2ccccc2CNN=C2CCCCC2)=C1. The third-order valence-electron chi connectivity index (χ3n) is 4.07. The maximum absolute atomic E-state index is 4.58. The number of nitrogens with zero attached hydrogens (tertiary/aromatic N) is 1. The molecule has 0 unspecified atom stereocenters. The van der Waals surface area contributed by atoms with Crippen LogP contribution in [0.5, 0.6) is 0 Å². The van der Waals surface area contributed by atoms with Crippen molar-refractivity contribution in [3.8, 4) is 0 Å². The fraction of sp³-hybridized carbons (Fsp3) is 0.389. The summed E-state index contributed by atoms with van der Waals surface area (Å²) >= 11 is 0. The number of hydrogen-bond donors (Lipinski definition) is 1. The molecule has 0 spiro atoms. The van der Waals surface area contributed by atoms with Crippen LogP contribution in [0, 0.1) is 0 Å². The number of rotatable bonds is 4. The second-order valence-corrected chi connectivity index (χ2v) is 5.55. The second kappa shape index (κ2) is 6.56. The lowest BCUT2D eigenvalue weighted by Crippen LogP contribution is -2.13. The number of benzene rings is 1. The molecule has 0 saturated heterocycles. The quantitative estimate of drug-likeness (QED) is 0.800. The van der Waals surface area contributed by atoms with Gasteiger partial charge in [-0.1, -0.05) is 48.9 Å². The van der Waals surface area contributed by atoms with Gasteiger partial charge in [0, 0.05) is 5.71 Å². The summed E-state index contributed by atoms with van der Waals surface area (Å²) in [6, 6.07) is 8.63. The highest BCUT2D eigenvalue weighted by Gasteiger charge is 2.09. The molecule has 20 heavy (non-hydrogen) atoms. The second-order valence-electron chi connectivity index (χ2n) is 5.55. The van der Waals surface area contributed by atoms with Gasteiger partial charge < -0.3 is 5.43 Å². The summed E-state index contributed by atoms with van der Waals surface area (Å²) in [6.45, 7) is 0.816. The lowest BCUT2D eigenvalue weighted by molar-refractivity contribution is 0.646. The van der Waals surface area contributed by atoms with Crippen molar-refractivity contribution in [2.24, 2.45) is 5.10 Å². The van der Waals surface area contributed by atoms with Crippen LogP contribution in [0.4, 0.5) is 0 Å². The Balaban J connectivity index is 1.65. The lowest BCUT2D eigenvalue weighted by atomic mass is 9.98. The Labute approximate surface area is 121 Å². The fourth-order valence-electron chi connectivity index (χ4n) is 2.94. The van der Waals surface area contributed by atoms with Gasteiger partial charge in [0.15, 0.2) is 0 Å². The summed E-state index contributed by atoms with van der Waals surface area (Å²) in [5.41, 5.74) is 8.72. The van der Waals surface area contributed by atoms with E-state index in [1.54, 1.807) is 0 Å². The molecule has 2 aliphatic rings. The first-order valence-corrected chi connectivity index (χ1v) is 7.66. The van der Waals surface area contributed by atoms with Crippen LogP contribution in [0.3, 0.4) is 0 Å². The summed E-state index contributed by atoms with van der Waals surface area (Å²) < 4.78 is 0. The summed E-state index contributed by atoms with van der Waals surface area (Å²) in [5.74, 6) is 0. The largest absolute Gasteiger partial charge is 0.306 e. The van der Waals surface area contributed by atoms with E-state index < -0.39 is 0 Å². The molecule has 2 heteroatoms. The van der Waals surface area contributed by atoms with E-state index in [-0.39, 0.29) is 0 Å². The first kappa shape index (κ1) is 13.2. The maximum atomic E-state index is 4.58. The molecule has 0 amide bonds. The zero-order chi connectivity index (χ0) is 13.6. The van der Waals surface area contributed by atoms with E-state index in [1.807, 2.05) is 0 Å². The molecule has 0 heterocycles. The lowest BCUT2D eigenvalue weighted by Gasteiger charge is -2.14. The predicted molar refractivity (Wildman–Crippen MR) is 85.5 cm³/mol. The van der Waals surface area contributed by atoms with Gasteiger partial charge in [0.1, 0.15) is 0 Å². The topological polar surface area (TPSA) is 24.4 Å². The highest BCUT2D eigenvalue weighted by atomic mass is 15.3. The summed E-state index contributed by atoms with van der Waals surface area (Å²) in [4.78, 5) is 0. The molecule has 2 nitrogen and oxygen atoms in total. The highest BCUT2D eigenvalue weighted by molar-refractivity contribution is 5.84. The van der Waals surface area contributed by atoms with E-state index >= 15 is 0 Å². The van der Waals surface area contributed by atoms with E-state index in [1.165, 1.54) is 54.5 Å². The van der Waals surface area contributed by atoms with Crippen molar-refractivity contribution < 1.29 is 0 Å². The van der Waals surface area contributed by atoms with Crippen molar-refractivity contribution in [3.63, 3.8) is 0 Å². The molecule has 0 aliphatic heterocycles. The fourth-order valence-corrected chi connectivity index (χ4v) is 2.94. The predicted octanol–water partition coefficient (Wildman–Crippen LogP) is 4.44. The molecule has 104 valence electrons. The Morgan fingerprint density at radius 3 is 2.70 bits per heavy atom. The van der Waals surface area contributed by atoms with Crippen LogP contribution in [0.15, 0.2) is 47.6 Å². The summed E-state index contributed by atoms with van der Waals surface area (Å²) in [5, 5.41) is 4.58. The van der Waals surface area contributed by atoms with Gasteiger partial charge in [-0.2, -0.15) is 5.10 Å². The Bertz CT molecular complexity index is 544. The zero-order valence-corrected chi connectivity index (χ0v) is 11.9. The average molecular weight is 266 g/mol. The molecule has 1 saturated carbocycles. The number of hydrazone groups is 1. The molecule has 1 N–H and O–H groups in total. The molecule has 0 aromatic heterocycles. The molecule has 0 radical (unpaired) electrons. The molecule has 0 atom stereocenters. The van der Waals surface area contributed by atoms with E-state index in [2.05, 4.69) is 53.0 Å².